The molecule has 0 bridgehead atoms. The predicted octanol–water partition coefficient (Wildman–Crippen LogP) is 3.67. The Labute approximate surface area is 140 Å². The lowest BCUT2D eigenvalue weighted by atomic mass is 9.48. The minimum atomic E-state index is -0.887. The van der Waals surface area contributed by atoms with Crippen LogP contribution in [0.2, 0.25) is 0 Å². The van der Waals surface area contributed by atoms with Crippen LogP contribution in [0.4, 0.5) is 0 Å². The van der Waals surface area contributed by atoms with Crippen molar-refractivity contribution >= 4 is 0 Å². The number of rotatable bonds is 0. The Morgan fingerprint density at radius 1 is 1.22 bits per heavy atom. The molecule has 2 nitrogen and oxygen atoms in total. The van der Waals surface area contributed by atoms with E-state index in [0.29, 0.717) is 17.8 Å². The second kappa shape index (κ2) is 4.87. The van der Waals surface area contributed by atoms with Crippen molar-refractivity contribution in [1.29, 1.82) is 0 Å². The lowest BCUT2D eigenvalue weighted by Gasteiger charge is -2.57. The fraction of sp³-hybridized carbons (Fsp3) is 0.810. The van der Waals surface area contributed by atoms with Crippen LogP contribution < -0.4 is 0 Å². The maximum Gasteiger partial charge on any atom is 0.126 e. The van der Waals surface area contributed by atoms with Gasteiger partial charge in [-0.15, -0.1) is 6.42 Å². The molecule has 0 aromatic heterocycles. The molecule has 0 radical (unpaired) electrons. The van der Waals surface area contributed by atoms with Crippen molar-refractivity contribution in [2.45, 2.75) is 76.9 Å². The number of terminal acetylenes is 1. The summed E-state index contributed by atoms with van der Waals surface area (Å²) in [5.74, 6) is 4.60. The smallest absolute Gasteiger partial charge is 0.126 e. The van der Waals surface area contributed by atoms with Crippen LogP contribution in [0.3, 0.4) is 0 Å². The molecule has 0 aromatic carbocycles. The van der Waals surface area contributed by atoms with Crippen molar-refractivity contribution in [1.82, 2.24) is 0 Å². The molecule has 23 heavy (non-hydrogen) atoms. The van der Waals surface area contributed by atoms with Crippen LogP contribution in [0.5, 0.6) is 0 Å². The van der Waals surface area contributed by atoms with Gasteiger partial charge < -0.3 is 10.2 Å². The van der Waals surface area contributed by atoms with Crippen LogP contribution in [-0.2, 0) is 0 Å². The third-order valence-corrected chi connectivity index (χ3v) is 8.12. The van der Waals surface area contributed by atoms with Crippen molar-refractivity contribution in [3.63, 3.8) is 0 Å². The van der Waals surface area contributed by atoms with Crippen LogP contribution in [0.1, 0.15) is 65.2 Å². The average Bonchev–Trinajstić information content (AvgIpc) is 2.79. The highest BCUT2D eigenvalue weighted by atomic mass is 16.3. The first-order valence-corrected chi connectivity index (χ1v) is 9.37. The fourth-order valence-electron chi connectivity index (χ4n) is 6.87. The number of aliphatic hydroxyl groups is 2. The molecular formula is C21H30O2. The van der Waals surface area contributed by atoms with E-state index in [1.165, 1.54) is 18.4 Å². The SMILES string of the molecule is C#C[C@@]1(O)C[C@H]2[C@@H]3CC=C4C[C@@H](O)CC[C@]4(C)[C@H]3CC[C@]2(C)C1. The average molecular weight is 314 g/mol. The molecule has 0 aliphatic heterocycles. The molecule has 4 rings (SSSR count). The van der Waals surface area contributed by atoms with E-state index in [-0.39, 0.29) is 16.9 Å². The van der Waals surface area contributed by atoms with Gasteiger partial charge in [0.2, 0.25) is 0 Å². The molecule has 0 heterocycles. The van der Waals surface area contributed by atoms with Gasteiger partial charge in [-0.25, -0.2) is 0 Å². The number of allylic oxidation sites excluding steroid dienone is 1. The summed E-state index contributed by atoms with van der Waals surface area (Å²) in [4.78, 5) is 0. The Morgan fingerprint density at radius 2 is 2.00 bits per heavy atom. The van der Waals surface area contributed by atoms with Gasteiger partial charge in [0.15, 0.2) is 0 Å². The van der Waals surface area contributed by atoms with Crippen LogP contribution in [0, 0.1) is 40.9 Å². The Balaban J connectivity index is 1.68. The molecular weight excluding hydrogens is 284 g/mol. The first-order valence-electron chi connectivity index (χ1n) is 9.37. The van der Waals surface area contributed by atoms with E-state index >= 15 is 0 Å². The van der Waals surface area contributed by atoms with Gasteiger partial charge in [0, 0.05) is 0 Å². The summed E-state index contributed by atoms with van der Waals surface area (Å²) >= 11 is 0. The minimum Gasteiger partial charge on any atom is -0.393 e. The minimum absolute atomic E-state index is 0.141. The largest absolute Gasteiger partial charge is 0.393 e. The lowest BCUT2D eigenvalue weighted by Crippen LogP contribution is -2.49. The normalized spacial score (nSPS) is 55.2. The maximum atomic E-state index is 10.7. The van der Waals surface area contributed by atoms with E-state index in [1.807, 2.05) is 0 Å². The van der Waals surface area contributed by atoms with Gasteiger partial charge in [0.1, 0.15) is 5.60 Å². The van der Waals surface area contributed by atoms with Crippen LogP contribution in [0.25, 0.3) is 0 Å². The quantitative estimate of drug-likeness (QED) is 0.529. The van der Waals surface area contributed by atoms with Crippen LogP contribution >= 0.6 is 0 Å². The molecule has 0 saturated heterocycles. The fourth-order valence-corrected chi connectivity index (χ4v) is 6.87. The van der Waals surface area contributed by atoms with E-state index in [9.17, 15) is 10.2 Å². The molecule has 3 saturated carbocycles. The summed E-state index contributed by atoms with van der Waals surface area (Å²) in [5.41, 5.74) is 1.09. The molecule has 4 aliphatic rings. The summed E-state index contributed by atoms with van der Waals surface area (Å²) < 4.78 is 0. The van der Waals surface area contributed by atoms with E-state index in [4.69, 9.17) is 6.42 Å². The second-order valence-corrected chi connectivity index (χ2v) is 9.41. The summed E-state index contributed by atoms with van der Waals surface area (Å²) in [6, 6.07) is 0. The van der Waals surface area contributed by atoms with E-state index in [2.05, 4.69) is 25.8 Å². The van der Waals surface area contributed by atoms with Gasteiger partial charge in [-0.1, -0.05) is 31.4 Å². The third-order valence-electron chi connectivity index (χ3n) is 8.12. The van der Waals surface area contributed by atoms with Gasteiger partial charge in [-0.3, -0.25) is 0 Å². The summed E-state index contributed by atoms with van der Waals surface area (Å²) in [7, 11) is 0. The standard InChI is InChI=1S/C21H30O2/c1-4-21(23)12-18-16-6-5-14-11-15(22)7-10-20(14,3)17(16)8-9-19(18,2)13-21/h1,5,15-18,22-23H,6-13H2,2-3H3/t15-,16+,17-,18-,19+,20-,21+/m0/s1. The molecule has 3 fully saturated rings. The summed E-state index contributed by atoms with van der Waals surface area (Å²) in [6.45, 7) is 4.79. The summed E-state index contributed by atoms with van der Waals surface area (Å²) in [6.07, 6.45) is 16.0. The number of fused-ring (bicyclic) bond motifs is 5. The monoisotopic (exact) mass is 314 g/mol. The first-order chi connectivity index (χ1) is 10.8. The molecule has 0 spiro atoms. The van der Waals surface area contributed by atoms with E-state index in [0.717, 1.165) is 38.5 Å². The van der Waals surface area contributed by atoms with E-state index in [1.54, 1.807) is 0 Å². The van der Waals surface area contributed by atoms with Crippen molar-refractivity contribution < 1.29 is 10.2 Å². The third kappa shape index (κ3) is 2.16. The van der Waals surface area contributed by atoms with Crippen LogP contribution in [-0.4, -0.2) is 21.9 Å². The topological polar surface area (TPSA) is 40.5 Å². The van der Waals surface area contributed by atoms with Gasteiger partial charge in [-0.05, 0) is 80.0 Å². The van der Waals surface area contributed by atoms with Crippen molar-refractivity contribution in [2.75, 3.05) is 0 Å². The highest BCUT2D eigenvalue weighted by molar-refractivity contribution is 5.27. The molecule has 2 heteroatoms. The Morgan fingerprint density at radius 3 is 2.74 bits per heavy atom. The van der Waals surface area contributed by atoms with Gasteiger partial charge in [0.05, 0.1) is 6.10 Å². The highest BCUT2D eigenvalue weighted by Crippen LogP contribution is 2.66. The maximum absolute atomic E-state index is 10.7. The molecule has 7 atom stereocenters. The Kier molecular flexibility index (Phi) is 3.33. The highest BCUT2D eigenvalue weighted by Gasteiger charge is 2.60. The zero-order valence-corrected chi connectivity index (χ0v) is 14.5. The Hall–Kier alpha value is -0.780. The van der Waals surface area contributed by atoms with Gasteiger partial charge in [0.25, 0.3) is 0 Å². The zero-order valence-electron chi connectivity index (χ0n) is 14.5. The van der Waals surface area contributed by atoms with Crippen molar-refractivity contribution in [2.24, 2.45) is 28.6 Å². The molecule has 2 N–H and O–H groups in total. The first kappa shape index (κ1) is 15.7. The second-order valence-electron chi connectivity index (χ2n) is 9.41. The molecule has 0 amide bonds. The number of hydrogen-bond donors (Lipinski definition) is 2. The molecule has 4 aliphatic carbocycles. The van der Waals surface area contributed by atoms with Crippen LogP contribution in [0.15, 0.2) is 11.6 Å². The molecule has 0 unspecified atom stereocenters. The lowest BCUT2D eigenvalue weighted by molar-refractivity contribution is -0.0360. The molecule has 0 aromatic rings. The van der Waals surface area contributed by atoms with Gasteiger partial charge >= 0.3 is 0 Å². The summed E-state index contributed by atoms with van der Waals surface area (Å²) in [5, 5.41) is 20.8. The molecule has 126 valence electrons. The number of hydrogen-bond acceptors (Lipinski definition) is 2. The van der Waals surface area contributed by atoms with Crippen molar-refractivity contribution in [3.05, 3.63) is 11.6 Å². The zero-order chi connectivity index (χ0) is 16.5. The van der Waals surface area contributed by atoms with E-state index < -0.39 is 5.60 Å². The number of aliphatic hydroxyl groups excluding tert-OH is 1. The Bertz CT molecular complexity index is 587. The van der Waals surface area contributed by atoms with Gasteiger partial charge in [-0.2, -0.15) is 0 Å². The van der Waals surface area contributed by atoms with Crippen molar-refractivity contribution in [3.8, 4) is 12.3 Å². The predicted molar refractivity (Wildman–Crippen MR) is 91.5 cm³/mol.